The quantitative estimate of drug-likeness (QED) is 0.626. The van der Waals surface area contributed by atoms with Gasteiger partial charge in [-0.3, -0.25) is 0 Å². The highest BCUT2D eigenvalue weighted by atomic mass is 35.5. The van der Waals surface area contributed by atoms with E-state index in [-0.39, 0.29) is 5.82 Å². The van der Waals surface area contributed by atoms with Crippen LogP contribution in [0.1, 0.15) is 29.7 Å². The molecular formula is C20H18Cl2FN3. The van der Waals surface area contributed by atoms with Gasteiger partial charge in [-0.15, -0.1) is 0 Å². The van der Waals surface area contributed by atoms with Crippen LogP contribution < -0.4 is 5.32 Å². The van der Waals surface area contributed by atoms with E-state index in [4.69, 9.17) is 28.3 Å². The highest BCUT2D eigenvalue weighted by molar-refractivity contribution is 6.42. The van der Waals surface area contributed by atoms with E-state index in [9.17, 15) is 4.39 Å². The fourth-order valence-corrected chi connectivity index (χ4v) is 3.61. The van der Waals surface area contributed by atoms with Crippen molar-refractivity contribution in [2.75, 3.05) is 11.9 Å². The maximum absolute atomic E-state index is 13.2. The standard InChI is InChI=1S/C20H18Cl2FN3/c21-17-9-8-15(12-18(17)22)26-20-16(3-1-2-10-24-20)19(25-26)11-13-4-6-14(23)7-5-13/h4-9,12,24H,1-3,10-11H2. The van der Waals surface area contributed by atoms with Crippen LogP contribution in [0.25, 0.3) is 5.69 Å². The Balaban J connectivity index is 1.78. The Hall–Kier alpha value is -2.04. The van der Waals surface area contributed by atoms with Crippen molar-refractivity contribution >= 4 is 29.0 Å². The van der Waals surface area contributed by atoms with Crippen molar-refractivity contribution in [3.05, 3.63) is 75.1 Å². The maximum atomic E-state index is 13.2. The summed E-state index contributed by atoms with van der Waals surface area (Å²) in [5.74, 6) is 0.786. The maximum Gasteiger partial charge on any atom is 0.133 e. The third kappa shape index (κ3) is 3.44. The number of hydrogen-bond acceptors (Lipinski definition) is 2. The van der Waals surface area contributed by atoms with Gasteiger partial charge in [0.1, 0.15) is 11.6 Å². The van der Waals surface area contributed by atoms with Gasteiger partial charge < -0.3 is 5.32 Å². The lowest BCUT2D eigenvalue weighted by atomic mass is 10.0. The van der Waals surface area contributed by atoms with Crippen molar-refractivity contribution in [1.82, 2.24) is 9.78 Å². The summed E-state index contributed by atoms with van der Waals surface area (Å²) < 4.78 is 15.1. The minimum atomic E-state index is -0.226. The van der Waals surface area contributed by atoms with E-state index in [2.05, 4.69) is 5.32 Å². The molecule has 0 spiro atoms. The molecule has 6 heteroatoms. The smallest absolute Gasteiger partial charge is 0.133 e. The first kappa shape index (κ1) is 17.4. The number of nitrogens with zero attached hydrogens (tertiary/aromatic N) is 2. The Bertz CT molecular complexity index is 935. The summed E-state index contributed by atoms with van der Waals surface area (Å²) in [4.78, 5) is 0. The molecule has 3 nitrogen and oxygen atoms in total. The molecule has 0 saturated carbocycles. The van der Waals surface area contributed by atoms with E-state index in [1.165, 1.54) is 17.7 Å². The molecule has 0 saturated heterocycles. The van der Waals surface area contributed by atoms with Crippen LogP contribution >= 0.6 is 23.2 Å². The van der Waals surface area contributed by atoms with Gasteiger partial charge in [-0.25, -0.2) is 9.07 Å². The highest BCUT2D eigenvalue weighted by Crippen LogP contribution is 2.31. The molecule has 1 aliphatic heterocycles. The van der Waals surface area contributed by atoms with E-state index in [1.807, 2.05) is 28.9 Å². The first-order chi connectivity index (χ1) is 12.6. The highest BCUT2D eigenvalue weighted by Gasteiger charge is 2.21. The number of hydrogen-bond donors (Lipinski definition) is 1. The SMILES string of the molecule is Fc1ccc(Cc2nn(-c3ccc(Cl)c(Cl)c3)c3c2CCCCN3)cc1. The Morgan fingerprint density at radius 3 is 2.62 bits per heavy atom. The largest absolute Gasteiger partial charge is 0.370 e. The van der Waals surface area contributed by atoms with Gasteiger partial charge in [0.05, 0.1) is 21.4 Å². The third-order valence-corrected chi connectivity index (χ3v) is 5.38. The summed E-state index contributed by atoms with van der Waals surface area (Å²) in [5, 5.41) is 9.38. The second-order valence-electron chi connectivity index (χ2n) is 6.47. The van der Waals surface area contributed by atoms with Crippen molar-refractivity contribution in [3.63, 3.8) is 0 Å². The fraction of sp³-hybridized carbons (Fsp3) is 0.250. The lowest BCUT2D eigenvalue weighted by molar-refractivity contribution is 0.627. The van der Waals surface area contributed by atoms with Gasteiger partial charge in [-0.05, 0) is 55.2 Å². The average Bonchev–Trinajstić information content (AvgIpc) is 2.81. The van der Waals surface area contributed by atoms with Crippen LogP contribution in [-0.2, 0) is 12.8 Å². The molecule has 26 heavy (non-hydrogen) atoms. The molecule has 2 aromatic carbocycles. The molecule has 0 radical (unpaired) electrons. The third-order valence-electron chi connectivity index (χ3n) is 4.65. The summed E-state index contributed by atoms with van der Waals surface area (Å²) in [7, 11) is 0. The monoisotopic (exact) mass is 389 g/mol. The molecule has 1 aromatic heterocycles. The molecule has 3 aromatic rings. The number of nitrogens with one attached hydrogen (secondary N) is 1. The van der Waals surface area contributed by atoms with Crippen LogP contribution in [0.5, 0.6) is 0 Å². The molecule has 0 fully saturated rings. The van der Waals surface area contributed by atoms with Crippen molar-refractivity contribution in [2.24, 2.45) is 0 Å². The molecule has 0 unspecified atom stereocenters. The van der Waals surface area contributed by atoms with Gasteiger partial charge in [-0.1, -0.05) is 35.3 Å². The van der Waals surface area contributed by atoms with E-state index < -0.39 is 0 Å². The van der Waals surface area contributed by atoms with Crippen LogP contribution in [0.4, 0.5) is 10.2 Å². The van der Waals surface area contributed by atoms with Crippen molar-refractivity contribution < 1.29 is 4.39 Å². The van der Waals surface area contributed by atoms with Crippen LogP contribution in [0.3, 0.4) is 0 Å². The van der Waals surface area contributed by atoms with Gasteiger partial charge in [0.25, 0.3) is 0 Å². The van der Waals surface area contributed by atoms with Gasteiger partial charge >= 0.3 is 0 Å². The minimum Gasteiger partial charge on any atom is -0.370 e. The Morgan fingerprint density at radius 1 is 1.04 bits per heavy atom. The van der Waals surface area contributed by atoms with E-state index >= 15 is 0 Å². The second-order valence-corrected chi connectivity index (χ2v) is 7.29. The molecule has 1 N–H and O–H groups in total. The molecule has 134 valence electrons. The number of rotatable bonds is 3. The normalized spacial score (nSPS) is 13.8. The van der Waals surface area contributed by atoms with Gasteiger partial charge in [0.2, 0.25) is 0 Å². The molecule has 0 amide bonds. The molecule has 2 heterocycles. The zero-order chi connectivity index (χ0) is 18.1. The van der Waals surface area contributed by atoms with Crippen molar-refractivity contribution in [2.45, 2.75) is 25.7 Å². The zero-order valence-electron chi connectivity index (χ0n) is 14.1. The van der Waals surface area contributed by atoms with E-state index in [0.717, 1.165) is 48.6 Å². The molecule has 0 atom stereocenters. The predicted octanol–water partition coefficient (Wildman–Crippen LogP) is 5.66. The minimum absolute atomic E-state index is 0.226. The van der Waals surface area contributed by atoms with Crippen molar-refractivity contribution in [3.8, 4) is 5.69 Å². The number of benzene rings is 2. The molecule has 0 bridgehead atoms. The number of aromatic nitrogens is 2. The van der Waals surface area contributed by atoms with Crippen LogP contribution in [0.2, 0.25) is 10.0 Å². The molecular weight excluding hydrogens is 372 g/mol. The predicted molar refractivity (Wildman–Crippen MR) is 104 cm³/mol. The van der Waals surface area contributed by atoms with E-state index in [0.29, 0.717) is 16.5 Å². The van der Waals surface area contributed by atoms with Crippen molar-refractivity contribution in [1.29, 1.82) is 0 Å². The van der Waals surface area contributed by atoms with Crippen LogP contribution in [0.15, 0.2) is 42.5 Å². The summed E-state index contributed by atoms with van der Waals surface area (Å²) in [6.45, 7) is 0.913. The number of anilines is 1. The Morgan fingerprint density at radius 2 is 1.85 bits per heavy atom. The molecule has 1 aliphatic rings. The fourth-order valence-electron chi connectivity index (χ4n) is 3.31. The number of fused-ring (bicyclic) bond motifs is 1. The lowest BCUT2D eigenvalue weighted by Gasteiger charge is -2.10. The van der Waals surface area contributed by atoms with Gasteiger partial charge in [0.15, 0.2) is 0 Å². The van der Waals surface area contributed by atoms with Crippen LogP contribution in [0, 0.1) is 5.82 Å². The average molecular weight is 390 g/mol. The first-order valence-electron chi connectivity index (χ1n) is 8.66. The van der Waals surface area contributed by atoms with Gasteiger partial charge in [0, 0.05) is 18.5 Å². The van der Waals surface area contributed by atoms with Gasteiger partial charge in [-0.2, -0.15) is 5.10 Å². The molecule has 4 rings (SSSR count). The molecule has 0 aliphatic carbocycles. The second kappa shape index (κ2) is 7.29. The topological polar surface area (TPSA) is 29.9 Å². The summed E-state index contributed by atoms with van der Waals surface area (Å²) >= 11 is 12.3. The van der Waals surface area contributed by atoms with E-state index in [1.54, 1.807) is 6.07 Å². The summed E-state index contributed by atoms with van der Waals surface area (Å²) in [6.07, 6.45) is 3.87. The Labute approximate surface area is 161 Å². The lowest BCUT2D eigenvalue weighted by Crippen LogP contribution is -2.07. The van der Waals surface area contributed by atoms with Crippen LogP contribution in [-0.4, -0.2) is 16.3 Å². The summed E-state index contributed by atoms with van der Waals surface area (Å²) in [5.41, 5.74) is 4.14. The number of halogens is 3. The summed E-state index contributed by atoms with van der Waals surface area (Å²) in [6, 6.07) is 12.1. The zero-order valence-corrected chi connectivity index (χ0v) is 15.6. The Kier molecular flexibility index (Phi) is 4.88. The first-order valence-corrected chi connectivity index (χ1v) is 9.42.